The molecule has 0 spiro atoms. The highest BCUT2D eigenvalue weighted by Gasteiger charge is 2.38. The van der Waals surface area contributed by atoms with Gasteiger partial charge >= 0.3 is 6.18 Å². The average Bonchev–Trinajstić information content (AvgIpc) is 2.19. The van der Waals surface area contributed by atoms with Crippen molar-refractivity contribution in [1.29, 1.82) is 0 Å². The summed E-state index contributed by atoms with van der Waals surface area (Å²) in [6.45, 7) is 0. The van der Waals surface area contributed by atoms with Gasteiger partial charge in [0, 0.05) is 10.9 Å². The van der Waals surface area contributed by atoms with Crippen LogP contribution in [0.5, 0.6) is 5.75 Å². The maximum atomic E-state index is 12.2. The van der Waals surface area contributed by atoms with Crippen molar-refractivity contribution in [2.75, 3.05) is 7.11 Å². The van der Waals surface area contributed by atoms with Crippen molar-refractivity contribution < 1.29 is 23.0 Å². The van der Waals surface area contributed by atoms with Crippen LogP contribution in [0.15, 0.2) is 22.7 Å². The predicted octanol–water partition coefficient (Wildman–Crippen LogP) is 2.92. The zero-order valence-electron chi connectivity index (χ0n) is 8.38. The van der Waals surface area contributed by atoms with Crippen LogP contribution in [0, 0.1) is 0 Å². The zero-order chi connectivity index (χ0) is 12.3. The monoisotopic (exact) mass is 298 g/mol. The number of halogens is 4. The molecule has 1 aromatic rings. The molecule has 1 atom stereocenters. The fraction of sp³-hybridized carbons (Fsp3) is 0.400. The Labute approximate surface area is 99.2 Å². The molecule has 0 amide bonds. The number of alkyl halides is 3. The summed E-state index contributed by atoms with van der Waals surface area (Å²) in [5, 5.41) is 8.94. The highest BCUT2D eigenvalue weighted by Crippen LogP contribution is 2.28. The van der Waals surface area contributed by atoms with E-state index in [1.165, 1.54) is 13.2 Å². The van der Waals surface area contributed by atoms with Crippen molar-refractivity contribution in [3.05, 3.63) is 28.2 Å². The number of aliphatic hydroxyl groups is 1. The van der Waals surface area contributed by atoms with Crippen LogP contribution in [0.25, 0.3) is 0 Å². The number of methoxy groups -OCH3 is 1. The molecule has 1 N–H and O–H groups in total. The second kappa shape index (κ2) is 5.05. The Morgan fingerprint density at radius 1 is 1.44 bits per heavy atom. The Morgan fingerprint density at radius 2 is 2.06 bits per heavy atom. The van der Waals surface area contributed by atoms with Crippen molar-refractivity contribution in [1.82, 2.24) is 0 Å². The first kappa shape index (κ1) is 13.3. The van der Waals surface area contributed by atoms with Gasteiger partial charge in [0.1, 0.15) is 5.75 Å². The standard InChI is InChI=1S/C10H10BrF3O2/c1-16-7-2-3-8(11)6(4-7)5-9(15)10(12,13)14/h2-4,9,15H,5H2,1H3/t9-/m0/s1. The van der Waals surface area contributed by atoms with Crippen LogP contribution in [0.3, 0.4) is 0 Å². The Balaban J connectivity index is 2.88. The van der Waals surface area contributed by atoms with Gasteiger partial charge in [0.15, 0.2) is 6.10 Å². The minimum Gasteiger partial charge on any atom is -0.497 e. The Kier molecular flexibility index (Phi) is 4.21. The first-order chi connectivity index (χ1) is 7.34. The minimum atomic E-state index is -4.61. The summed E-state index contributed by atoms with van der Waals surface area (Å²) in [7, 11) is 1.42. The number of aliphatic hydroxyl groups excluding tert-OH is 1. The van der Waals surface area contributed by atoms with E-state index in [0.29, 0.717) is 15.8 Å². The molecule has 16 heavy (non-hydrogen) atoms. The second-order valence-electron chi connectivity index (χ2n) is 3.22. The molecule has 90 valence electrons. The lowest BCUT2D eigenvalue weighted by atomic mass is 10.1. The fourth-order valence-corrected chi connectivity index (χ4v) is 1.57. The molecule has 0 saturated carbocycles. The molecule has 1 rings (SSSR count). The number of benzene rings is 1. The lowest BCUT2D eigenvalue weighted by Gasteiger charge is -2.15. The summed E-state index contributed by atoms with van der Waals surface area (Å²) >= 11 is 3.12. The van der Waals surface area contributed by atoms with E-state index in [2.05, 4.69) is 15.9 Å². The Hall–Kier alpha value is -0.750. The number of rotatable bonds is 3. The van der Waals surface area contributed by atoms with Crippen LogP contribution in [0.4, 0.5) is 13.2 Å². The molecule has 0 fully saturated rings. The highest BCUT2D eigenvalue weighted by atomic mass is 79.9. The number of ether oxygens (including phenoxy) is 1. The van der Waals surface area contributed by atoms with E-state index in [1.54, 1.807) is 12.1 Å². The van der Waals surface area contributed by atoms with Crippen LogP contribution in [0.1, 0.15) is 5.56 Å². The van der Waals surface area contributed by atoms with Crippen LogP contribution in [0.2, 0.25) is 0 Å². The summed E-state index contributed by atoms with van der Waals surface area (Å²) < 4.78 is 41.9. The van der Waals surface area contributed by atoms with E-state index in [1.807, 2.05) is 0 Å². The molecule has 0 aliphatic carbocycles. The first-order valence-corrected chi connectivity index (χ1v) is 5.21. The van der Waals surface area contributed by atoms with Gasteiger partial charge in [-0.15, -0.1) is 0 Å². The van der Waals surface area contributed by atoms with E-state index in [0.717, 1.165) is 0 Å². The summed E-state index contributed by atoms with van der Waals surface area (Å²) in [6, 6.07) is 4.66. The van der Waals surface area contributed by atoms with Crippen LogP contribution in [-0.4, -0.2) is 24.5 Å². The molecule has 0 bridgehead atoms. The van der Waals surface area contributed by atoms with Crippen LogP contribution >= 0.6 is 15.9 Å². The maximum Gasteiger partial charge on any atom is 0.414 e. The largest absolute Gasteiger partial charge is 0.497 e. The van der Waals surface area contributed by atoms with Crippen molar-refractivity contribution in [2.45, 2.75) is 18.7 Å². The van der Waals surface area contributed by atoms with Crippen molar-refractivity contribution in [3.8, 4) is 5.75 Å². The molecule has 0 aliphatic rings. The minimum absolute atomic E-state index is 0.351. The van der Waals surface area contributed by atoms with E-state index in [-0.39, 0.29) is 0 Å². The Morgan fingerprint density at radius 3 is 2.56 bits per heavy atom. The van der Waals surface area contributed by atoms with E-state index in [4.69, 9.17) is 9.84 Å². The van der Waals surface area contributed by atoms with E-state index in [9.17, 15) is 13.2 Å². The number of hydrogen-bond acceptors (Lipinski definition) is 2. The lowest BCUT2D eigenvalue weighted by molar-refractivity contribution is -0.203. The molecular formula is C10H10BrF3O2. The summed E-state index contributed by atoms with van der Waals surface area (Å²) in [5.41, 5.74) is 0.351. The molecule has 0 saturated heterocycles. The van der Waals surface area contributed by atoms with Crippen LogP contribution < -0.4 is 4.74 Å². The van der Waals surface area contributed by atoms with Gasteiger partial charge in [-0.2, -0.15) is 13.2 Å². The van der Waals surface area contributed by atoms with Gasteiger partial charge in [-0.05, 0) is 23.8 Å². The summed E-state index contributed by atoms with van der Waals surface area (Å²) in [5.74, 6) is 0.451. The molecule has 0 unspecified atom stereocenters. The molecule has 0 aromatic heterocycles. The molecule has 0 radical (unpaired) electrons. The van der Waals surface area contributed by atoms with Gasteiger partial charge in [0.05, 0.1) is 7.11 Å². The third-order valence-electron chi connectivity index (χ3n) is 2.04. The highest BCUT2D eigenvalue weighted by molar-refractivity contribution is 9.10. The lowest BCUT2D eigenvalue weighted by Crippen LogP contribution is -2.30. The fourth-order valence-electron chi connectivity index (χ4n) is 1.16. The van der Waals surface area contributed by atoms with E-state index < -0.39 is 18.7 Å². The van der Waals surface area contributed by atoms with E-state index >= 15 is 0 Å². The third-order valence-corrected chi connectivity index (χ3v) is 2.82. The second-order valence-corrected chi connectivity index (χ2v) is 4.07. The number of hydrogen-bond donors (Lipinski definition) is 1. The zero-order valence-corrected chi connectivity index (χ0v) is 9.97. The third kappa shape index (κ3) is 3.38. The van der Waals surface area contributed by atoms with Gasteiger partial charge in [-0.1, -0.05) is 15.9 Å². The summed E-state index contributed by atoms with van der Waals surface area (Å²) in [6.07, 6.45) is -7.47. The summed E-state index contributed by atoms with van der Waals surface area (Å²) in [4.78, 5) is 0. The molecule has 6 heteroatoms. The first-order valence-electron chi connectivity index (χ1n) is 4.42. The van der Waals surface area contributed by atoms with Crippen molar-refractivity contribution in [2.24, 2.45) is 0 Å². The topological polar surface area (TPSA) is 29.5 Å². The van der Waals surface area contributed by atoms with Gasteiger partial charge in [0.2, 0.25) is 0 Å². The van der Waals surface area contributed by atoms with Gasteiger partial charge in [-0.25, -0.2) is 0 Å². The van der Waals surface area contributed by atoms with Gasteiger partial charge < -0.3 is 9.84 Å². The molecular weight excluding hydrogens is 289 g/mol. The molecule has 0 aliphatic heterocycles. The average molecular weight is 299 g/mol. The quantitative estimate of drug-likeness (QED) is 0.930. The normalized spacial score (nSPS) is 13.6. The Bertz CT molecular complexity index is 366. The smallest absolute Gasteiger partial charge is 0.414 e. The molecule has 1 aromatic carbocycles. The predicted molar refractivity (Wildman–Crippen MR) is 56.5 cm³/mol. The SMILES string of the molecule is COc1ccc(Br)c(C[C@H](O)C(F)(F)F)c1. The maximum absolute atomic E-state index is 12.2. The molecule has 0 heterocycles. The van der Waals surface area contributed by atoms with Crippen molar-refractivity contribution in [3.63, 3.8) is 0 Å². The van der Waals surface area contributed by atoms with Gasteiger partial charge in [-0.3, -0.25) is 0 Å². The van der Waals surface area contributed by atoms with Gasteiger partial charge in [0.25, 0.3) is 0 Å². The van der Waals surface area contributed by atoms with Crippen LogP contribution in [-0.2, 0) is 6.42 Å². The molecule has 2 nitrogen and oxygen atoms in total. The van der Waals surface area contributed by atoms with Crippen molar-refractivity contribution >= 4 is 15.9 Å².